The maximum atomic E-state index is 10.3. The second-order valence-electron chi connectivity index (χ2n) is 3.66. The average Bonchev–Trinajstić information content (AvgIpc) is 2.27. The monoisotopic (exact) mass is 326 g/mol. The van der Waals surface area contributed by atoms with Gasteiger partial charge in [0.1, 0.15) is 0 Å². The van der Waals surface area contributed by atoms with Crippen molar-refractivity contribution in [1.29, 1.82) is 0 Å². The van der Waals surface area contributed by atoms with Gasteiger partial charge in [0.25, 0.3) is 0 Å². The number of aliphatic carboxylic acids is 4. The number of Topliss-reactive ketones (excluding diaryl/α,β-unsaturated/α-hetero) is 1. The topological polar surface area (TPSA) is 207 Å². The van der Waals surface area contributed by atoms with E-state index >= 15 is 0 Å². The third-order valence-corrected chi connectivity index (χ3v) is 1.59. The molecule has 0 saturated carbocycles. The normalized spacial score (nSPS) is 9.27. The van der Waals surface area contributed by atoms with Gasteiger partial charge in [-0.05, 0) is 6.92 Å². The number of aliphatic hydroxyl groups excluding tert-OH is 1. The molecule has 11 heteroatoms. The Morgan fingerprint density at radius 1 is 0.864 bits per heavy atom. The number of hydrogen-bond donors (Lipinski definition) is 6. The summed E-state index contributed by atoms with van der Waals surface area (Å²) in [7, 11) is 0. The van der Waals surface area contributed by atoms with Gasteiger partial charge in [-0.15, -0.1) is 0 Å². The number of carbonyl (C=O) groups excluding carboxylic acids is 1. The molecule has 0 aliphatic rings. The molecule has 11 nitrogen and oxygen atoms in total. The molecule has 0 rings (SSSR count). The SMILES string of the molecule is CC(=O)C(=O)O.CCO.O=C(O)CC(O)(CC(=O)O)C(=O)O. The number of ketones is 1. The van der Waals surface area contributed by atoms with Crippen molar-refractivity contribution in [3.8, 4) is 0 Å². The summed E-state index contributed by atoms with van der Waals surface area (Å²) in [6.45, 7) is 2.93. The molecular formula is C11H18O11. The van der Waals surface area contributed by atoms with Crippen molar-refractivity contribution in [2.24, 2.45) is 0 Å². The molecule has 0 fully saturated rings. The van der Waals surface area contributed by atoms with Crippen LogP contribution in [0.25, 0.3) is 0 Å². The first-order valence-corrected chi connectivity index (χ1v) is 5.58. The summed E-state index contributed by atoms with van der Waals surface area (Å²) in [6, 6.07) is 0. The lowest BCUT2D eigenvalue weighted by Crippen LogP contribution is -2.42. The van der Waals surface area contributed by atoms with Crippen LogP contribution in [0, 0.1) is 0 Å². The van der Waals surface area contributed by atoms with Crippen LogP contribution >= 0.6 is 0 Å². The molecule has 0 radical (unpaired) electrons. The third-order valence-electron chi connectivity index (χ3n) is 1.59. The molecule has 128 valence electrons. The summed E-state index contributed by atoms with van der Waals surface area (Å²) in [5.41, 5.74) is -2.74. The number of aliphatic hydroxyl groups is 2. The Labute approximate surface area is 124 Å². The molecule has 0 aromatic heterocycles. The predicted octanol–water partition coefficient (Wildman–Crippen LogP) is -1.59. The van der Waals surface area contributed by atoms with Gasteiger partial charge < -0.3 is 30.6 Å². The fourth-order valence-electron chi connectivity index (χ4n) is 0.714. The Morgan fingerprint density at radius 2 is 1.09 bits per heavy atom. The summed E-state index contributed by atoms with van der Waals surface area (Å²) in [6.07, 6.45) is -2.29. The quantitative estimate of drug-likeness (QED) is 0.306. The Balaban J connectivity index is -0.000000333. The summed E-state index contributed by atoms with van der Waals surface area (Å²) < 4.78 is 0. The minimum atomic E-state index is -2.74. The van der Waals surface area contributed by atoms with E-state index in [9.17, 15) is 24.0 Å². The van der Waals surface area contributed by atoms with Crippen LogP contribution in [-0.4, -0.2) is 72.5 Å². The standard InChI is InChI=1S/C6H8O7.C3H4O3.C2H6O/c7-3(8)1-6(13,5(11)12)2-4(9)10;1-2(4)3(5)6;1-2-3/h13H,1-2H2,(H,7,8)(H,9,10)(H,11,12);1H3,(H,5,6);3H,2H2,1H3. The minimum Gasteiger partial charge on any atom is -0.481 e. The van der Waals surface area contributed by atoms with E-state index in [1.807, 2.05) is 0 Å². The van der Waals surface area contributed by atoms with Gasteiger partial charge in [-0.2, -0.15) is 0 Å². The number of hydrogen-bond acceptors (Lipinski definition) is 7. The van der Waals surface area contributed by atoms with E-state index in [-0.39, 0.29) is 6.61 Å². The van der Waals surface area contributed by atoms with E-state index in [1.165, 1.54) is 0 Å². The Hall–Kier alpha value is -2.53. The third kappa shape index (κ3) is 15.5. The maximum absolute atomic E-state index is 10.3. The Kier molecular flexibility index (Phi) is 13.6. The molecule has 0 atom stereocenters. The molecule has 0 bridgehead atoms. The van der Waals surface area contributed by atoms with Crippen molar-refractivity contribution in [2.75, 3.05) is 6.61 Å². The van der Waals surface area contributed by atoms with E-state index in [2.05, 4.69) is 0 Å². The molecule has 22 heavy (non-hydrogen) atoms. The molecule has 0 aromatic carbocycles. The molecule has 0 heterocycles. The molecular weight excluding hydrogens is 308 g/mol. The Morgan fingerprint density at radius 3 is 1.18 bits per heavy atom. The minimum absolute atomic E-state index is 0.250. The first kappa shape index (κ1) is 24.5. The highest BCUT2D eigenvalue weighted by Crippen LogP contribution is 2.15. The van der Waals surface area contributed by atoms with E-state index in [0.717, 1.165) is 6.92 Å². The predicted molar refractivity (Wildman–Crippen MR) is 68.2 cm³/mol. The lowest BCUT2D eigenvalue weighted by Gasteiger charge is -2.18. The van der Waals surface area contributed by atoms with E-state index in [4.69, 9.17) is 30.6 Å². The highest BCUT2D eigenvalue weighted by Gasteiger charge is 2.40. The van der Waals surface area contributed by atoms with Crippen LogP contribution in [0.5, 0.6) is 0 Å². The van der Waals surface area contributed by atoms with E-state index in [0.29, 0.717) is 0 Å². The smallest absolute Gasteiger partial charge is 0.371 e. The first-order chi connectivity index (χ1) is 9.83. The van der Waals surface area contributed by atoms with Crippen LogP contribution in [0.1, 0.15) is 26.7 Å². The zero-order valence-corrected chi connectivity index (χ0v) is 11.8. The molecule has 6 N–H and O–H groups in total. The van der Waals surface area contributed by atoms with Crippen LogP contribution < -0.4 is 0 Å². The first-order valence-electron chi connectivity index (χ1n) is 5.58. The van der Waals surface area contributed by atoms with Crippen molar-refractivity contribution >= 4 is 29.7 Å². The summed E-state index contributed by atoms with van der Waals surface area (Å²) in [5.74, 6) is -7.22. The molecule has 0 unspecified atom stereocenters. The van der Waals surface area contributed by atoms with Gasteiger partial charge in [0.2, 0.25) is 5.78 Å². The molecule has 0 saturated heterocycles. The van der Waals surface area contributed by atoms with Crippen molar-refractivity contribution in [2.45, 2.75) is 32.3 Å². The summed E-state index contributed by atoms with van der Waals surface area (Å²) in [4.78, 5) is 49.4. The zero-order chi connectivity index (χ0) is 18.5. The lowest BCUT2D eigenvalue weighted by molar-refractivity contribution is -0.170. The average molecular weight is 326 g/mol. The van der Waals surface area contributed by atoms with Gasteiger partial charge in [0.15, 0.2) is 5.60 Å². The van der Waals surface area contributed by atoms with Gasteiger partial charge in [0, 0.05) is 13.5 Å². The van der Waals surface area contributed by atoms with Gasteiger partial charge in [-0.3, -0.25) is 14.4 Å². The van der Waals surface area contributed by atoms with Gasteiger partial charge >= 0.3 is 23.9 Å². The second kappa shape index (κ2) is 12.2. The van der Waals surface area contributed by atoms with Crippen LogP contribution in [-0.2, 0) is 24.0 Å². The van der Waals surface area contributed by atoms with E-state index < -0.39 is 48.1 Å². The molecule has 0 aliphatic carbocycles. The van der Waals surface area contributed by atoms with Crippen LogP contribution in [0.2, 0.25) is 0 Å². The zero-order valence-electron chi connectivity index (χ0n) is 11.8. The maximum Gasteiger partial charge on any atom is 0.371 e. The Bertz CT molecular complexity index is 384. The van der Waals surface area contributed by atoms with Crippen molar-refractivity contribution < 1.29 is 54.6 Å². The number of rotatable bonds is 6. The van der Waals surface area contributed by atoms with Crippen LogP contribution in [0.3, 0.4) is 0 Å². The van der Waals surface area contributed by atoms with Crippen molar-refractivity contribution in [3.05, 3.63) is 0 Å². The fourth-order valence-corrected chi connectivity index (χ4v) is 0.714. The highest BCUT2D eigenvalue weighted by atomic mass is 16.4. The molecule has 0 amide bonds. The molecule has 0 aromatic rings. The van der Waals surface area contributed by atoms with Gasteiger partial charge in [-0.25, -0.2) is 9.59 Å². The summed E-state index contributed by atoms with van der Waals surface area (Å²) in [5, 5.41) is 49.0. The number of carboxylic acids is 4. The lowest BCUT2D eigenvalue weighted by atomic mass is 9.96. The summed E-state index contributed by atoms with van der Waals surface area (Å²) >= 11 is 0. The molecule has 0 spiro atoms. The van der Waals surface area contributed by atoms with Crippen molar-refractivity contribution in [1.82, 2.24) is 0 Å². The second-order valence-corrected chi connectivity index (χ2v) is 3.66. The van der Waals surface area contributed by atoms with Crippen molar-refractivity contribution in [3.63, 3.8) is 0 Å². The largest absolute Gasteiger partial charge is 0.481 e. The highest BCUT2D eigenvalue weighted by molar-refractivity contribution is 6.31. The van der Waals surface area contributed by atoms with Gasteiger partial charge in [0.05, 0.1) is 12.8 Å². The fraction of sp³-hybridized carbons (Fsp3) is 0.545. The number of carboxylic acid groups (broad SMARTS) is 4. The van der Waals surface area contributed by atoms with Crippen LogP contribution in [0.15, 0.2) is 0 Å². The number of carbonyl (C=O) groups is 5. The van der Waals surface area contributed by atoms with Crippen LogP contribution in [0.4, 0.5) is 0 Å². The van der Waals surface area contributed by atoms with E-state index in [1.54, 1.807) is 6.92 Å². The van der Waals surface area contributed by atoms with Gasteiger partial charge in [-0.1, -0.05) is 0 Å². The molecule has 0 aliphatic heterocycles.